The topological polar surface area (TPSA) is 102 Å². The molecule has 0 aliphatic rings. The molecule has 0 heterocycles. The van der Waals surface area contributed by atoms with Gasteiger partial charge >= 0.3 is 13.8 Å². The number of aliphatic hydroxyl groups excluding tert-OH is 1. The van der Waals surface area contributed by atoms with Gasteiger partial charge in [0, 0.05) is 6.08 Å². The fourth-order valence-corrected chi connectivity index (χ4v) is 7.08. The van der Waals surface area contributed by atoms with E-state index in [4.69, 9.17) is 13.8 Å². The van der Waals surface area contributed by atoms with Gasteiger partial charge in [0.1, 0.15) is 18.8 Å². The third-order valence-electron chi connectivity index (χ3n) is 9.17. The van der Waals surface area contributed by atoms with Crippen LogP contribution in [-0.2, 0) is 23.1 Å². The summed E-state index contributed by atoms with van der Waals surface area (Å²) in [6.07, 6.45) is 49.3. The van der Waals surface area contributed by atoms with Crippen molar-refractivity contribution in [2.24, 2.45) is 0 Å². The second-order valence-corrected chi connectivity index (χ2v) is 17.2. The highest BCUT2D eigenvalue weighted by Gasteiger charge is 2.31. The first-order chi connectivity index (χ1) is 26.5. The maximum atomic E-state index is 12.9. The molecule has 0 rings (SSSR count). The number of nitrogens with zero attached hydrogens (tertiary/aromatic N) is 1. The summed E-state index contributed by atoms with van der Waals surface area (Å²) in [6.45, 7) is 4.03. The number of hydrogen-bond donors (Lipinski definition) is 2. The number of carbonyl (C=O) groups is 1. The highest BCUT2D eigenvalue weighted by atomic mass is 31.2. The molecule has 2 unspecified atom stereocenters. The molecule has 55 heavy (non-hydrogen) atoms. The Hall–Kier alpha value is -2.06. The molecule has 3 atom stereocenters. The van der Waals surface area contributed by atoms with Crippen LogP contribution in [0.3, 0.4) is 0 Å². The van der Waals surface area contributed by atoms with Gasteiger partial charge in [-0.1, -0.05) is 209 Å². The fraction of sp³-hybridized carbons (Fsp3) is 0.717. The summed E-state index contributed by atoms with van der Waals surface area (Å²) in [5.74, 6) is -0.698. The Bertz CT molecular complexity index is 1120. The van der Waals surface area contributed by atoms with Gasteiger partial charge in [0.15, 0.2) is 0 Å². The molecule has 0 amide bonds. The monoisotopic (exact) mass is 793 g/mol. The van der Waals surface area contributed by atoms with Gasteiger partial charge in [-0.15, -0.1) is 0 Å². The SMILES string of the molecule is CCCCCCCCCC=CC=CC=CC=CC=CC=CC(=O)O[C@H](CO)COP(=O)(O)OC(CCCCCCCCCCCCCCCC)C[N+](C)(C)C. The van der Waals surface area contributed by atoms with Crippen LogP contribution in [0.25, 0.3) is 0 Å². The number of aliphatic hydroxyl groups is 1. The zero-order valence-electron chi connectivity index (χ0n) is 35.8. The summed E-state index contributed by atoms with van der Waals surface area (Å²) in [4.78, 5) is 22.7. The first-order valence-electron chi connectivity index (χ1n) is 21.8. The van der Waals surface area contributed by atoms with E-state index in [1.54, 1.807) is 12.2 Å². The molecule has 318 valence electrons. The Kier molecular flexibility index (Phi) is 36.1. The summed E-state index contributed by atoms with van der Waals surface area (Å²) < 4.78 is 29.4. The smallest absolute Gasteiger partial charge is 0.454 e. The number of likely N-dealkylation sites (N-methyl/N-ethyl adjacent to an activating group) is 1. The summed E-state index contributed by atoms with van der Waals surface area (Å²) in [6, 6.07) is 0. The number of phosphoric ester groups is 1. The third kappa shape index (κ3) is 40.0. The van der Waals surface area contributed by atoms with Crippen molar-refractivity contribution in [2.75, 3.05) is 40.9 Å². The predicted molar refractivity (Wildman–Crippen MR) is 233 cm³/mol. The maximum absolute atomic E-state index is 12.9. The van der Waals surface area contributed by atoms with Crippen molar-refractivity contribution >= 4 is 13.8 Å². The largest absolute Gasteiger partial charge is 0.472 e. The standard InChI is InChI=1S/C46H82NO7P/c1-6-8-10-12-14-16-18-20-22-23-24-25-26-28-30-32-34-36-38-40-46(49)53-45(42-48)43-52-55(50,51)54-44(41-47(3,4)5)39-37-35-33-31-29-27-21-19-17-15-13-11-9-7-2/h22-26,28,30,32,34,36,38,40,44-45,48H,6-21,27,29,31,33,35,37,39,41-43H2,1-5H3/p+1/t44?,45-/m1/s1. The molecular formula is C46H83NO7P+. The zero-order valence-corrected chi connectivity index (χ0v) is 36.7. The molecule has 2 N–H and O–H groups in total. The second kappa shape index (κ2) is 37.5. The number of ether oxygens (including phenoxy) is 1. The molecule has 0 spiro atoms. The van der Waals surface area contributed by atoms with Gasteiger partial charge in [0.05, 0.1) is 34.4 Å². The molecule has 0 aliphatic heterocycles. The molecule has 0 aromatic heterocycles. The Morgan fingerprint density at radius 3 is 1.47 bits per heavy atom. The Morgan fingerprint density at radius 1 is 0.600 bits per heavy atom. The van der Waals surface area contributed by atoms with Crippen LogP contribution in [0.1, 0.15) is 162 Å². The van der Waals surface area contributed by atoms with E-state index in [1.165, 1.54) is 128 Å². The van der Waals surface area contributed by atoms with E-state index in [2.05, 4.69) is 26.0 Å². The highest BCUT2D eigenvalue weighted by molar-refractivity contribution is 7.47. The number of rotatable bonds is 38. The van der Waals surface area contributed by atoms with E-state index in [0.29, 0.717) is 17.4 Å². The summed E-state index contributed by atoms with van der Waals surface area (Å²) >= 11 is 0. The van der Waals surface area contributed by atoms with Gasteiger partial charge in [-0.3, -0.25) is 9.05 Å². The van der Waals surface area contributed by atoms with Gasteiger partial charge in [-0.05, 0) is 19.3 Å². The Morgan fingerprint density at radius 2 is 1.02 bits per heavy atom. The quantitative estimate of drug-likeness (QED) is 0.0160. The Balaban J connectivity index is 4.39. The lowest BCUT2D eigenvalue weighted by Gasteiger charge is -2.30. The molecule has 0 saturated heterocycles. The molecule has 0 aromatic rings. The lowest BCUT2D eigenvalue weighted by atomic mass is 10.0. The molecule has 0 fully saturated rings. The highest BCUT2D eigenvalue weighted by Crippen LogP contribution is 2.45. The number of esters is 1. The van der Waals surface area contributed by atoms with Gasteiger partial charge in [-0.2, -0.15) is 0 Å². The van der Waals surface area contributed by atoms with Crippen molar-refractivity contribution in [1.29, 1.82) is 0 Å². The first kappa shape index (κ1) is 52.9. The van der Waals surface area contributed by atoms with Crippen molar-refractivity contribution in [3.05, 3.63) is 72.9 Å². The van der Waals surface area contributed by atoms with Crippen molar-refractivity contribution in [3.63, 3.8) is 0 Å². The average molecular weight is 793 g/mol. The minimum absolute atomic E-state index is 0.464. The maximum Gasteiger partial charge on any atom is 0.472 e. The molecule has 0 saturated carbocycles. The first-order valence-corrected chi connectivity index (χ1v) is 23.3. The molecule has 8 nitrogen and oxygen atoms in total. The molecule has 0 bridgehead atoms. The van der Waals surface area contributed by atoms with E-state index in [-0.39, 0.29) is 0 Å². The van der Waals surface area contributed by atoms with E-state index < -0.39 is 39.2 Å². The fourth-order valence-electron chi connectivity index (χ4n) is 6.12. The number of unbranched alkanes of at least 4 members (excludes halogenated alkanes) is 20. The van der Waals surface area contributed by atoms with Crippen LogP contribution < -0.4 is 0 Å². The number of phosphoric acid groups is 1. The number of carbonyl (C=O) groups excluding carboxylic acids is 1. The molecule has 0 radical (unpaired) electrons. The van der Waals surface area contributed by atoms with E-state index in [9.17, 15) is 19.4 Å². The minimum Gasteiger partial charge on any atom is -0.454 e. The zero-order chi connectivity index (χ0) is 40.7. The van der Waals surface area contributed by atoms with Gasteiger partial charge < -0.3 is 19.2 Å². The summed E-state index contributed by atoms with van der Waals surface area (Å²) in [7, 11) is 1.58. The van der Waals surface area contributed by atoms with Crippen molar-refractivity contribution in [2.45, 2.75) is 174 Å². The molecule has 0 aromatic carbocycles. The van der Waals surface area contributed by atoms with Crippen molar-refractivity contribution in [1.82, 2.24) is 0 Å². The van der Waals surface area contributed by atoms with Crippen molar-refractivity contribution in [3.8, 4) is 0 Å². The number of hydrogen-bond acceptors (Lipinski definition) is 6. The van der Waals surface area contributed by atoms with Crippen molar-refractivity contribution < 1.29 is 37.6 Å². The van der Waals surface area contributed by atoms with Crippen LogP contribution in [-0.4, -0.2) is 73.6 Å². The van der Waals surface area contributed by atoms with Crippen LogP contribution in [0.4, 0.5) is 0 Å². The van der Waals surface area contributed by atoms with E-state index in [0.717, 1.165) is 25.7 Å². The minimum atomic E-state index is -4.45. The number of quaternary nitrogens is 1. The predicted octanol–water partition coefficient (Wildman–Crippen LogP) is 12.4. The lowest BCUT2D eigenvalue weighted by Crippen LogP contribution is -2.42. The average Bonchev–Trinajstić information content (AvgIpc) is 3.13. The third-order valence-corrected chi connectivity index (χ3v) is 10.2. The summed E-state index contributed by atoms with van der Waals surface area (Å²) in [5, 5.41) is 9.70. The van der Waals surface area contributed by atoms with Crippen LogP contribution in [0, 0.1) is 0 Å². The van der Waals surface area contributed by atoms with Crippen LogP contribution >= 0.6 is 7.82 Å². The van der Waals surface area contributed by atoms with Gasteiger partial charge in [0.25, 0.3) is 0 Å². The van der Waals surface area contributed by atoms with Gasteiger partial charge in [-0.25, -0.2) is 9.36 Å². The molecule has 0 aliphatic carbocycles. The van der Waals surface area contributed by atoms with Gasteiger partial charge in [0.2, 0.25) is 0 Å². The van der Waals surface area contributed by atoms with E-state index >= 15 is 0 Å². The van der Waals surface area contributed by atoms with E-state index in [1.807, 2.05) is 57.6 Å². The van der Waals surface area contributed by atoms with Crippen LogP contribution in [0.2, 0.25) is 0 Å². The van der Waals surface area contributed by atoms with Crippen LogP contribution in [0.15, 0.2) is 72.9 Å². The van der Waals surface area contributed by atoms with Crippen LogP contribution in [0.5, 0.6) is 0 Å². The normalized spacial score (nSPS) is 15.1. The second-order valence-electron chi connectivity index (χ2n) is 15.8. The molecule has 9 heteroatoms. The molecular weight excluding hydrogens is 709 g/mol. The Labute approximate surface area is 338 Å². The number of allylic oxidation sites excluding steroid dienone is 11. The lowest BCUT2D eigenvalue weighted by molar-refractivity contribution is -0.873. The summed E-state index contributed by atoms with van der Waals surface area (Å²) in [5.41, 5.74) is 0.